The van der Waals surface area contributed by atoms with Gasteiger partial charge in [0.2, 0.25) is 11.8 Å². The van der Waals surface area contributed by atoms with Crippen molar-refractivity contribution in [2.24, 2.45) is 0 Å². The number of hydrogen-bond acceptors (Lipinski definition) is 4. The fourth-order valence-electron chi connectivity index (χ4n) is 3.63. The van der Waals surface area contributed by atoms with Gasteiger partial charge in [0.05, 0.1) is 12.2 Å². The van der Waals surface area contributed by atoms with E-state index in [1.165, 1.54) is 0 Å². The average Bonchev–Trinajstić information content (AvgIpc) is 3.16. The van der Waals surface area contributed by atoms with Crippen molar-refractivity contribution in [2.75, 3.05) is 24.5 Å². The molecule has 0 bridgehead atoms. The molecule has 0 unspecified atom stereocenters. The van der Waals surface area contributed by atoms with Gasteiger partial charge < -0.3 is 19.9 Å². The van der Waals surface area contributed by atoms with Crippen LogP contribution in [0.4, 0.5) is 5.69 Å². The molecule has 0 aliphatic carbocycles. The molecule has 1 fully saturated rings. The number of anilines is 1. The quantitative estimate of drug-likeness (QED) is 0.839. The Bertz CT molecular complexity index is 915. The zero-order chi connectivity index (χ0) is 20.2. The molecular formula is C22H23N3O4. The van der Waals surface area contributed by atoms with Gasteiger partial charge in [-0.15, -0.1) is 0 Å². The molecule has 0 aromatic heterocycles. The fourth-order valence-corrected chi connectivity index (χ4v) is 3.63. The second-order valence-electron chi connectivity index (χ2n) is 7.20. The summed E-state index contributed by atoms with van der Waals surface area (Å²) in [4.78, 5) is 40.7. The fraction of sp³-hybridized carbons (Fsp3) is 0.318. The summed E-state index contributed by atoms with van der Waals surface area (Å²) in [6.45, 7) is 1.11. The smallest absolute Gasteiger partial charge is 0.263 e. The van der Waals surface area contributed by atoms with Gasteiger partial charge in [0.15, 0.2) is 6.10 Å². The Kier molecular flexibility index (Phi) is 5.46. The number of para-hydroxylation sites is 2. The summed E-state index contributed by atoms with van der Waals surface area (Å²) in [5.41, 5.74) is 1.61. The Balaban J connectivity index is 1.47. The van der Waals surface area contributed by atoms with E-state index in [0.717, 1.165) is 12.0 Å². The molecule has 2 aliphatic heterocycles. The molecular weight excluding hydrogens is 370 g/mol. The first-order valence-corrected chi connectivity index (χ1v) is 9.77. The molecule has 1 N–H and O–H groups in total. The molecule has 0 spiro atoms. The third kappa shape index (κ3) is 4.23. The molecule has 0 saturated carbocycles. The van der Waals surface area contributed by atoms with E-state index in [1.807, 2.05) is 36.4 Å². The number of carbonyl (C=O) groups is 3. The highest BCUT2D eigenvalue weighted by molar-refractivity contribution is 6.00. The van der Waals surface area contributed by atoms with E-state index < -0.39 is 6.10 Å². The lowest BCUT2D eigenvalue weighted by Crippen LogP contribution is -2.52. The number of ether oxygens (including phenoxy) is 1. The SMILES string of the molecule is O=C(NCc1ccccc1)[C@H]1CN(C(=O)CN2CCCC2=O)c2ccccc2O1. The Morgan fingerprint density at radius 2 is 1.83 bits per heavy atom. The van der Waals surface area contributed by atoms with Crippen molar-refractivity contribution in [3.8, 4) is 5.75 Å². The van der Waals surface area contributed by atoms with Crippen LogP contribution in [-0.2, 0) is 20.9 Å². The molecule has 2 aliphatic rings. The largest absolute Gasteiger partial charge is 0.477 e. The Hall–Kier alpha value is -3.35. The van der Waals surface area contributed by atoms with Crippen molar-refractivity contribution in [3.05, 3.63) is 60.2 Å². The van der Waals surface area contributed by atoms with Crippen LogP contribution in [0.25, 0.3) is 0 Å². The Morgan fingerprint density at radius 3 is 2.59 bits per heavy atom. The first-order valence-electron chi connectivity index (χ1n) is 9.77. The topological polar surface area (TPSA) is 79.0 Å². The second kappa shape index (κ2) is 8.34. The predicted molar refractivity (Wildman–Crippen MR) is 107 cm³/mol. The zero-order valence-corrected chi connectivity index (χ0v) is 16.0. The van der Waals surface area contributed by atoms with Crippen LogP contribution in [0.3, 0.4) is 0 Å². The normalized spacial score (nSPS) is 18.2. The first kappa shape index (κ1) is 19.0. The highest BCUT2D eigenvalue weighted by atomic mass is 16.5. The number of nitrogens with one attached hydrogen (secondary N) is 1. The van der Waals surface area contributed by atoms with Crippen LogP contribution in [0.2, 0.25) is 0 Å². The zero-order valence-electron chi connectivity index (χ0n) is 16.0. The molecule has 4 rings (SSSR count). The minimum atomic E-state index is -0.813. The lowest BCUT2D eigenvalue weighted by molar-refractivity contribution is -0.133. The number of benzene rings is 2. The molecule has 2 heterocycles. The summed E-state index contributed by atoms with van der Waals surface area (Å²) in [5, 5.41) is 2.87. The van der Waals surface area contributed by atoms with Gasteiger partial charge in [0, 0.05) is 19.5 Å². The van der Waals surface area contributed by atoms with Crippen LogP contribution in [0, 0.1) is 0 Å². The van der Waals surface area contributed by atoms with Crippen LogP contribution >= 0.6 is 0 Å². The molecule has 0 radical (unpaired) electrons. The van der Waals surface area contributed by atoms with Gasteiger partial charge in [-0.05, 0) is 24.1 Å². The van der Waals surface area contributed by atoms with Crippen LogP contribution in [0.15, 0.2) is 54.6 Å². The number of likely N-dealkylation sites (tertiary alicyclic amines) is 1. The van der Waals surface area contributed by atoms with Gasteiger partial charge in [-0.3, -0.25) is 14.4 Å². The molecule has 7 nitrogen and oxygen atoms in total. The highest BCUT2D eigenvalue weighted by Gasteiger charge is 2.35. The van der Waals surface area contributed by atoms with Crippen molar-refractivity contribution in [1.29, 1.82) is 0 Å². The second-order valence-corrected chi connectivity index (χ2v) is 7.20. The van der Waals surface area contributed by atoms with Gasteiger partial charge in [0.25, 0.3) is 5.91 Å². The summed E-state index contributed by atoms with van der Waals surface area (Å²) in [6.07, 6.45) is 0.445. The Morgan fingerprint density at radius 1 is 1.07 bits per heavy atom. The molecule has 7 heteroatoms. The van der Waals surface area contributed by atoms with E-state index in [-0.39, 0.29) is 30.8 Å². The summed E-state index contributed by atoms with van der Waals surface area (Å²) in [5.74, 6) is -0.00739. The Labute approximate surface area is 169 Å². The van der Waals surface area contributed by atoms with Gasteiger partial charge in [0.1, 0.15) is 12.3 Å². The van der Waals surface area contributed by atoms with Crippen LogP contribution < -0.4 is 15.0 Å². The number of carbonyl (C=O) groups excluding carboxylic acids is 3. The maximum absolute atomic E-state index is 13.0. The number of fused-ring (bicyclic) bond motifs is 1. The van der Waals surface area contributed by atoms with Crippen molar-refractivity contribution < 1.29 is 19.1 Å². The molecule has 3 amide bonds. The minimum absolute atomic E-state index is 0.00273. The summed E-state index contributed by atoms with van der Waals surface area (Å²) >= 11 is 0. The van der Waals surface area contributed by atoms with E-state index in [9.17, 15) is 14.4 Å². The van der Waals surface area contributed by atoms with Gasteiger partial charge in [-0.2, -0.15) is 0 Å². The van der Waals surface area contributed by atoms with Crippen LogP contribution in [0.1, 0.15) is 18.4 Å². The molecule has 29 heavy (non-hydrogen) atoms. The summed E-state index contributed by atoms with van der Waals surface area (Å²) < 4.78 is 5.87. The number of rotatable bonds is 5. The van der Waals surface area contributed by atoms with Gasteiger partial charge >= 0.3 is 0 Å². The highest BCUT2D eigenvalue weighted by Crippen LogP contribution is 2.33. The summed E-state index contributed by atoms with van der Waals surface area (Å²) in [7, 11) is 0. The first-order chi connectivity index (χ1) is 14.1. The standard InChI is InChI=1S/C22H23N3O4/c26-20-11-6-12-24(20)15-21(27)25-14-19(29-18-10-5-4-9-17(18)25)22(28)23-13-16-7-2-1-3-8-16/h1-5,7-10,19H,6,11-15H2,(H,23,28)/t19-/m1/s1. The number of amides is 3. The van der Waals surface area contributed by atoms with E-state index in [2.05, 4.69) is 5.32 Å². The molecule has 1 saturated heterocycles. The third-order valence-electron chi connectivity index (χ3n) is 5.17. The molecule has 1 atom stereocenters. The summed E-state index contributed by atoms with van der Waals surface area (Å²) in [6, 6.07) is 16.8. The van der Waals surface area contributed by atoms with Crippen LogP contribution in [0.5, 0.6) is 5.75 Å². The van der Waals surface area contributed by atoms with Gasteiger partial charge in [-0.1, -0.05) is 42.5 Å². The number of nitrogens with zero attached hydrogens (tertiary/aromatic N) is 2. The van der Waals surface area contributed by atoms with E-state index in [1.54, 1.807) is 28.0 Å². The lowest BCUT2D eigenvalue weighted by Gasteiger charge is -2.35. The maximum atomic E-state index is 13.0. The third-order valence-corrected chi connectivity index (χ3v) is 5.17. The molecule has 150 valence electrons. The van der Waals surface area contributed by atoms with E-state index in [4.69, 9.17) is 4.74 Å². The number of hydrogen-bond donors (Lipinski definition) is 1. The monoisotopic (exact) mass is 393 g/mol. The maximum Gasteiger partial charge on any atom is 0.263 e. The van der Waals surface area contributed by atoms with Crippen molar-refractivity contribution in [3.63, 3.8) is 0 Å². The van der Waals surface area contributed by atoms with Crippen molar-refractivity contribution in [2.45, 2.75) is 25.5 Å². The van der Waals surface area contributed by atoms with Crippen molar-refractivity contribution in [1.82, 2.24) is 10.2 Å². The lowest BCUT2D eigenvalue weighted by atomic mass is 10.1. The molecule has 2 aromatic carbocycles. The van der Waals surface area contributed by atoms with E-state index in [0.29, 0.717) is 30.9 Å². The minimum Gasteiger partial charge on any atom is -0.477 e. The van der Waals surface area contributed by atoms with Crippen LogP contribution in [-0.4, -0.2) is 48.4 Å². The van der Waals surface area contributed by atoms with Crippen molar-refractivity contribution >= 4 is 23.4 Å². The molecule has 2 aromatic rings. The van der Waals surface area contributed by atoms with Gasteiger partial charge in [-0.25, -0.2) is 0 Å². The predicted octanol–water partition coefficient (Wildman–Crippen LogP) is 1.72. The van der Waals surface area contributed by atoms with E-state index >= 15 is 0 Å². The average molecular weight is 393 g/mol.